The zero-order valence-electron chi connectivity index (χ0n) is 11.6. The minimum Gasteiger partial charge on any atom is -0.490 e. The smallest absolute Gasteiger partial charge is 0.311 e. The Labute approximate surface area is 121 Å². The van der Waals surface area contributed by atoms with Gasteiger partial charge in [0, 0.05) is 25.2 Å². The predicted octanol–water partition coefficient (Wildman–Crippen LogP) is 0.322. The molecule has 1 heterocycles. The molecule has 0 saturated carbocycles. The molecule has 1 aliphatic rings. The topological polar surface area (TPSA) is 103 Å². The number of nitro groups is 1. The highest BCUT2D eigenvalue weighted by molar-refractivity contribution is 5.98. The number of hydrogen-bond donors (Lipinski definition) is 2. The zero-order chi connectivity index (χ0) is 15.2. The van der Waals surface area contributed by atoms with Gasteiger partial charge in [-0.05, 0) is 6.07 Å². The molecule has 1 aliphatic heterocycles. The summed E-state index contributed by atoms with van der Waals surface area (Å²) in [6, 6.07) is 4.28. The third-order valence-corrected chi connectivity index (χ3v) is 3.15. The van der Waals surface area contributed by atoms with E-state index in [1.807, 2.05) is 0 Å². The van der Waals surface area contributed by atoms with Gasteiger partial charge >= 0.3 is 5.69 Å². The van der Waals surface area contributed by atoms with Crippen LogP contribution < -0.4 is 15.4 Å². The molecule has 1 amide bonds. The number of nitrogens with one attached hydrogen (secondary N) is 2. The molecule has 1 aromatic rings. The lowest BCUT2D eigenvalue weighted by Crippen LogP contribution is -2.48. The molecule has 1 saturated heterocycles. The Balaban J connectivity index is 2.07. The molecule has 2 rings (SSSR count). The quantitative estimate of drug-likeness (QED) is 0.599. The van der Waals surface area contributed by atoms with Gasteiger partial charge in [-0.2, -0.15) is 0 Å². The number of carbonyl (C=O) groups is 1. The maximum atomic E-state index is 12.2. The Kier molecular flexibility index (Phi) is 5.07. The molecule has 0 spiro atoms. The van der Waals surface area contributed by atoms with Crippen molar-refractivity contribution < 1.29 is 19.2 Å². The average Bonchev–Trinajstić information content (AvgIpc) is 2.52. The first-order valence-electron chi connectivity index (χ1n) is 6.54. The van der Waals surface area contributed by atoms with E-state index in [0.717, 1.165) is 6.54 Å². The highest BCUT2D eigenvalue weighted by Crippen LogP contribution is 2.30. The maximum absolute atomic E-state index is 12.2. The van der Waals surface area contributed by atoms with Crippen LogP contribution in [0.25, 0.3) is 0 Å². The molecule has 1 fully saturated rings. The number of nitrogens with zero attached hydrogens (tertiary/aromatic N) is 1. The number of benzene rings is 1. The highest BCUT2D eigenvalue weighted by Gasteiger charge is 2.23. The Morgan fingerprint density at radius 3 is 3.05 bits per heavy atom. The summed E-state index contributed by atoms with van der Waals surface area (Å²) in [4.78, 5) is 22.5. The van der Waals surface area contributed by atoms with Crippen LogP contribution in [0.5, 0.6) is 5.75 Å². The van der Waals surface area contributed by atoms with Crippen LogP contribution in [0, 0.1) is 10.1 Å². The standard InChI is InChI=1S/C13H17N3O5/c1-20-12-10(3-2-4-11(12)16(18)19)13(17)15-7-9-8-21-6-5-14-9/h2-4,9,14H,5-8H2,1H3,(H,15,17). The number of carbonyl (C=O) groups excluding carboxylic acids is 1. The van der Waals surface area contributed by atoms with E-state index in [4.69, 9.17) is 9.47 Å². The molecule has 0 radical (unpaired) electrons. The van der Waals surface area contributed by atoms with Gasteiger partial charge < -0.3 is 20.1 Å². The van der Waals surface area contributed by atoms with Crippen molar-refractivity contribution in [2.75, 3.05) is 33.4 Å². The summed E-state index contributed by atoms with van der Waals surface area (Å²) in [5.74, 6) is -0.448. The fourth-order valence-electron chi connectivity index (χ4n) is 2.12. The van der Waals surface area contributed by atoms with Crippen LogP contribution in [0.2, 0.25) is 0 Å². The van der Waals surface area contributed by atoms with Gasteiger partial charge in [0.1, 0.15) is 0 Å². The largest absolute Gasteiger partial charge is 0.490 e. The van der Waals surface area contributed by atoms with Crippen LogP contribution in [0.4, 0.5) is 5.69 Å². The molecule has 8 heteroatoms. The average molecular weight is 295 g/mol. The lowest BCUT2D eigenvalue weighted by atomic mass is 10.1. The van der Waals surface area contributed by atoms with Crippen molar-refractivity contribution in [3.05, 3.63) is 33.9 Å². The van der Waals surface area contributed by atoms with Crippen molar-refractivity contribution >= 4 is 11.6 Å². The first-order valence-corrected chi connectivity index (χ1v) is 6.54. The first-order chi connectivity index (χ1) is 10.1. The summed E-state index contributed by atoms with van der Waals surface area (Å²) in [6.45, 7) is 2.29. The SMILES string of the molecule is COc1c(C(=O)NCC2COCCN2)cccc1[N+](=O)[O-]. The molecule has 0 aromatic heterocycles. The second-order valence-corrected chi connectivity index (χ2v) is 4.55. The molecular weight excluding hydrogens is 278 g/mol. The fourth-order valence-corrected chi connectivity index (χ4v) is 2.12. The van der Waals surface area contributed by atoms with Crippen LogP contribution >= 0.6 is 0 Å². The molecule has 1 atom stereocenters. The van der Waals surface area contributed by atoms with Crippen LogP contribution in [0.1, 0.15) is 10.4 Å². The molecule has 1 unspecified atom stereocenters. The van der Waals surface area contributed by atoms with Crippen LogP contribution in [0.15, 0.2) is 18.2 Å². The van der Waals surface area contributed by atoms with Crippen LogP contribution in [0.3, 0.4) is 0 Å². The molecule has 21 heavy (non-hydrogen) atoms. The monoisotopic (exact) mass is 295 g/mol. The van der Waals surface area contributed by atoms with Gasteiger partial charge in [0.15, 0.2) is 0 Å². The van der Waals surface area contributed by atoms with E-state index >= 15 is 0 Å². The van der Waals surface area contributed by atoms with E-state index in [1.165, 1.54) is 25.3 Å². The van der Waals surface area contributed by atoms with Gasteiger partial charge in [-0.3, -0.25) is 14.9 Å². The summed E-state index contributed by atoms with van der Waals surface area (Å²) in [7, 11) is 1.30. The van der Waals surface area contributed by atoms with Crippen molar-refractivity contribution in [1.29, 1.82) is 0 Å². The fraction of sp³-hybridized carbons (Fsp3) is 0.462. The highest BCUT2D eigenvalue weighted by atomic mass is 16.6. The number of ether oxygens (including phenoxy) is 2. The Morgan fingerprint density at radius 1 is 1.62 bits per heavy atom. The van der Waals surface area contributed by atoms with Crippen LogP contribution in [-0.4, -0.2) is 50.3 Å². The van der Waals surface area contributed by atoms with Gasteiger partial charge in [0.25, 0.3) is 5.91 Å². The van der Waals surface area contributed by atoms with E-state index in [2.05, 4.69) is 10.6 Å². The van der Waals surface area contributed by atoms with E-state index in [9.17, 15) is 14.9 Å². The third-order valence-electron chi connectivity index (χ3n) is 3.15. The Hall–Kier alpha value is -2.19. The summed E-state index contributed by atoms with van der Waals surface area (Å²) in [5.41, 5.74) is -0.0901. The molecule has 114 valence electrons. The maximum Gasteiger partial charge on any atom is 0.311 e. The number of hydrogen-bond acceptors (Lipinski definition) is 6. The molecule has 2 N–H and O–H groups in total. The number of rotatable bonds is 5. The Morgan fingerprint density at radius 2 is 2.43 bits per heavy atom. The van der Waals surface area contributed by atoms with E-state index in [-0.39, 0.29) is 23.0 Å². The molecule has 1 aromatic carbocycles. The van der Waals surface area contributed by atoms with Gasteiger partial charge in [0.05, 0.1) is 30.8 Å². The van der Waals surface area contributed by atoms with E-state index in [1.54, 1.807) is 0 Å². The van der Waals surface area contributed by atoms with E-state index < -0.39 is 10.8 Å². The number of methoxy groups -OCH3 is 1. The van der Waals surface area contributed by atoms with Gasteiger partial charge in [-0.1, -0.05) is 6.07 Å². The zero-order valence-corrected chi connectivity index (χ0v) is 11.6. The van der Waals surface area contributed by atoms with Gasteiger partial charge in [-0.15, -0.1) is 0 Å². The summed E-state index contributed by atoms with van der Waals surface area (Å²) in [5, 5.41) is 16.9. The normalized spacial score (nSPS) is 18.0. The number of para-hydroxylation sites is 1. The van der Waals surface area contributed by atoms with Gasteiger partial charge in [0.2, 0.25) is 5.75 Å². The molecule has 0 aliphatic carbocycles. The summed E-state index contributed by atoms with van der Waals surface area (Å²) >= 11 is 0. The second kappa shape index (κ2) is 7.00. The Bertz CT molecular complexity index is 529. The van der Waals surface area contributed by atoms with Crippen molar-refractivity contribution in [3.63, 3.8) is 0 Å². The van der Waals surface area contributed by atoms with Gasteiger partial charge in [-0.25, -0.2) is 0 Å². The van der Waals surface area contributed by atoms with Crippen molar-refractivity contribution in [2.45, 2.75) is 6.04 Å². The van der Waals surface area contributed by atoms with Crippen molar-refractivity contribution in [1.82, 2.24) is 10.6 Å². The molecule has 8 nitrogen and oxygen atoms in total. The van der Waals surface area contributed by atoms with Crippen LogP contribution in [-0.2, 0) is 4.74 Å². The molecular formula is C13H17N3O5. The van der Waals surface area contributed by atoms with Crippen molar-refractivity contribution in [3.8, 4) is 5.75 Å². The minimum atomic E-state index is -0.577. The number of morpholine rings is 1. The summed E-state index contributed by atoms with van der Waals surface area (Å²) in [6.07, 6.45) is 0. The lowest BCUT2D eigenvalue weighted by molar-refractivity contribution is -0.385. The number of nitro benzene ring substituents is 1. The second-order valence-electron chi connectivity index (χ2n) is 4.55. The number of amides is 1. The summed E-state index contributed by atoms with van der Waals surface area (Å²) < 4.78 is 10.3. The predicted molar refractivity (Wildman–Crippen MR) is 74.6 cm³/mol. The third kappa shape index (κ3) is 3.67. The minimum absolute atomic E-state index is 0.0344. The van der Waals surface area contributed by atoms with E-state index in [0.29, 0.717) is 19.8 Å². The lowest BCUT2D eigenvalue weighted by Gasteiger charge is -2.24. The first kappa shape index (κ1) is 15.2. The van der Waals surface area contributed by atoms with Crippen molar-refractivity contribution in [2.24, 2.45) is 0 Å². The molecule has 0 bridgehead atoms.